The van der Waals surface area contributed by atoms with Gasteiger partial charge in [-0.25, -0.2) is 0 Å². The number of aromatic amines is 1. The number of nitrogens with one attached hydrogen (secondary N) is 1. The van der Waals surface area contributed by atoms with Crippen LogP contribution in [0, 0.1) is 0 Å². The van der Waals surface area contributed by atoms with E-state index in [0.717, 1.165) is 0 Å². The van der Waals surface area contributed by atoms with Crippen molar-refractivity contribution >= 4 is 64.9 Å². The van der Waals surface area contributed by atoms with E-state index in [9.17, 15) is 19.2 Å². The van der Waals surface area contributed by atoms with Gasteiger partial charge >= 0.3 is 0 Å². The van der Waals surface area contributed by atoms with Gasteiger partial charge in [0.05, 0.1) is 35.9 Å². The van der Waals surface area contributed by atoms with Crippen molar-refractivity contribution in [3.8, 4) is 11.5 Å². The van der Waals surface area contributed by atoms with Crippen molar-refractivity contribution in [3.05, 3.63) is 102 Å². The zero-order valence-corrected chi connectivity index (χ0v) is 19.7. The Morgan fingerprint density at radius 1 is 0.486 bits per heavy atom. The molecule has 0 aliphatic heterocycles. The molecule has 7 heteroatoms. The molecule has 0 aliphatic rings. The molecule has 0 amide bonds. The summed E-state index contributed by atoms with van der Waals surface area (Å²) in [7, 11) is 2.85. The summed E-state index contributed by atoms with van der Waals surface area (Å²) in [5, 5.41) is 1.68. The monoisotopic (exact) mass is 487 g/mol. The molecule has 0 fully saturated rings. The number of para-hydroxylation sites is 1. The molecule has 1 N–H and O–H groups in total. The van der Waals surface area contributed by atoms with E-state index in [1.165, 1.54) is 20.3 Å². The van der Waals surface area contributed by atoms with E-state index in [-0.39, 0.29) is 54.6 Å². The first-order valence-electron chi connectivity index (χ1n) is 11.6. The van der Waals surface area contributed by atoms with E-state index in [0.29, 0.717) is 21.8 Å². The van der Waals surface area contributed by atoms with Crippen LogP contribution in [0.1, 0.15) is 0 Å². The summed E-state index contributed by atoms with van der Waals surface area (Å²) in [6.45, 7) is 0. The Balaban J connectivity index is 1.99. The minimum atomic E-state index is -0.536. The van der Waals surface area contributed by atoms with Crippen LogP contribution in [0.2, 0.25) is 0 Å². The number of ether oxygens (including phenoxy) is 2. The first-order chi connectivity index (χ1) is 18.0. The average Bonchev–Trinajstić information content (AvgIpc) is 3.32. The van der Waals surface area contributed by atoms with Crippen LogP contribution in [0.5, 0.6) is 11.5 Å². The van der Waals surface area contributed by atoms with E-state index in [1.54, 1.807) is 30.3 Å². The average molecular weight is 487 g/mol. The molecule has 178 valence electrons. The van der Waals surface area contributed by atoms with Crippen LogP contribution in [-0.2, 0) is 0 Å². The maximum Gasteiger partial charge on any atom is 0.199 e. The first kappa shape index (κ1) is 21.3. The molecule has 7 nitrogen and oxygen atoms in total. The zero-order valence-electron chi connectivity index (χ0n) is 19.7. The van der Waals surface area contributed by atoms with Gasteiger partial charge in [-0.3, -0.25) is 19.2 Å². The maximum absolute atomic E-state index is 14.2. The first-order valence-corrected chi connectivity index (χ1v) is 11.6. The van der Waals surface area contributed by atoms with Crippen LogP contribution < -0.4 is 31.2 Å². The Morgan fingerprint density at radius 2 is 0.973 bits per heavy atom. The number of fused-ring (bicyclic) bond motifs is 10. The molecule has 0 spiro atoms. The van der Waals surface area contributed by atoms with E-state index < -0.39 is 21.7 Å². The molecular weight excluding hydrogens is 470 g/mol. The molecule has 1 heterocycles. The topological polar surface area (TPSA) is 103 Å². The summed E-state index contributed by atoms with van der Waals surface area (Å²) in [4.78, 5) is 59.6. The SMILES string of the molecule is COc1cccc2c(=O)c3c4[nH]c5ccccc5c4c4c(=O)c5c(OC)cccc5c(=O)c4c3c(=O)c12. The molecule has 7 rings (SSSR count). The standard InChI is InChI=1S/C30H17NO6/c1-36-17-11-5-8-14-19(17)29(34)22-21-13-7-3-4-10-16(13)31-26(21)25-24(23(22)27(14)32)30(35)20-15(28(25)33)9-6-12-18(20)37-2/h3-12,31H,1-2H3. The summed E-state index contributed by atoms with van der Waals surface area (Å²) in [5.41, 5.74) is -0.875. The Bertz CT molecular complexity index is 2360. The quantitative estimate of drug-likeness (QED) is 0.289. The number of methoxy groups -OCH3 is 2. The van der Waals surface area contributed by atoms with Gasteiger partial charge in [-0.05, 0) is 18.2 Å². The number of aromatic nitrogens is 1. The second-order valence-electron chi connectivity index (χ2n) is 9.00. The van der Waals surface area contributed by atoms with Crippen molar-refractivity contribution in [2.45, 2.75) is 0 Å². The fraction of sp³-hybridized carbons (Fsp3) is 0.0667. The van der Waals surface area contributed by atoms with Gasteiger partial charge in [-0.15, -0.1) is 0 Å². The molecule has 0 atom stereocenters. The van der Waals surface area contributed by atoms with Crippen molar-refractivity contribution < 1.29 is 9.47 Å². The Labute approximate surface area is 206 Å². The van der Waals surface area contributed by atoms with Gasteiger partial charge in [0.25, 0.3) is 0 Å². The molecule has 0 saturated carbocycles. The van der Waals surface area contributed by atoms with Crippen molar-refractivity contribution in [2.75, 3.05) is 14.2 Å². The van der Waals surface area contributed by atoms with Gasteiger partial charge in [0.2, 0.25) is 0 Å². The molecule has 0 radical (unpaired) electrons. The number of hydrogen-bond donors (Lipinski definition) is 1. The fourth-order valence-corrected chi connectivity index (χ4v) is 5.77. The summed E-state index contributed by atoms with van der Waals surface area (Å²) in [5.74, 6) is 0.491. The van der Waals surface area contributed by atoms with Gasteiger partial charge in [0.15, 0.2) is 21.7 Å². The van der Waals surface area contributed by atoms with Crippen LogP contribution in [0.15, 0.2) is 79.8 Å². The number of H-pyrrole nitrogens is 1. The number of benzene rings is 6. The van der Waals surface area contributed by atoms with Gasteiger partial charge in [0, 0.05) is 43.2 Å². The molecule has 0 unspecified atom stereocenters. The van der Waals surface area contributed by atoms with Crippen molar-refractivity contribution in [2.24, 2.45) is 0 Å². The lowest BCUT2D eigenvalue weighted by atomic mass is 9.91. The second-order valence-corrected chi connectivity index (χ2v) is 9.00. The lowest BCUT2D eigenvalue weighted by molar-refractivity contribution is 0.419. The van der Waals surface area contributed by atoms with Crippen molar-refractivity contribution in [3.63, 3.8) is 0 Å². The minimum absolute atomic E-state index is 0.0621. The lowest BCUT2D eigenvalue weighted by Crippen LogP contribution is -2.20. The third-order valence-corrected chi connectivity index (χ3v) is 7.30. The van der Waals surface area contributed by atoms with Crippen molar-refractivity contribution in [1.29, 1.82) is 0 Å². The molecule has 0 aliphatic carbocycles. The van der Waals surface area contributed by atoms with Gasteiger partial charge in [0.1, 0.15) is 11.5 Å². The number of rotatable bonds is 2. The molecule has 0 saturated heterocycles. The summed E-state index contributed by atoms with van der Waals surface area (Å²) < 4.78 is 10.8. The third kappa shape index (κ3) is 2.50. The van der Waals surface area contributed by atoms with Gasteiger partial charge < -0.3 is 14.5 Å². The lowest BCUT2D eigenvalue weighted by Gasteiger charge is -2.11. The maximum atomic E-state index is 14.2. The van der Waals surface area contributed by atoms with E-state index in [1.807, 2.05) is 24.3 Å². The molecule has 6 aromatic carbocycles. The predicted octanol–water partition coefficient (Wildman–Crippen LogP) is 4.27. The Morgan fingerprint density at radius 3 is 1.57 bits per heavy atom. The highest BCUT2D eigenvalue weighted by atomic mass is 16.5. The molecule has 0 bridgehead atoms. The van der Waals surface area contributed by atoms with E-state index in [4.69, 9.17) is 9.47 Å². The molecular formula is C30H17NO6. The van der Waals surface area contributed by atoms with E-state index >= 15 is 0 Å². The summed E-state index contributed by atoms with van der Waals surface area (Å²) in [6, 6.07) is 16.9. The van der Waals surface area contributed by atoms with Crippen LogP contribution in [0.4, 0.5) is 0 Å². The highest BCUT2D eigenvalue weighted by Gasteiger charge is 2.26. The van der Waals surface area contributed by atoms with Crippen LogP contribution in [0.25, 0.3) is 64.9 Å². The smallest absolute Gasteiger partial charge is 0.199 e. The normalized spacial score (nSPS) is 11.9. The van der Waals surface area contributed by atoms with E-state index in [2.05, 4.69) is 4.98 Å². The fourth-order valence-electron chi connectivity index (χ4n) is 5.77. The van der Waals surface area contributed by atoms with Gasteiger partial charge in [-0.2, -0.15) is 0 Å². The number of hydrogen-bond acceptors (Lipinski definition) is 6. The highest BCUT2D eigenvalue weighted by molar-refractivity contribution is 6.33. The summed E-state index contributed by atoms with van der Waals surface area (Å²) >= 11 is 0. The minimum Gasteiger partial charge on any atom is -0.496 e. The largest absolute Gasteiger partial charge is 0.496 e. The van der Waals surface area contributed by atoms with Crippen LogP contribution in [0.3, 0.4) is 0 Å². The highest BCUT2D eigenvalue weighted by Crippen LogP contribution is 2.37. The summed E-state index contributed by atoms with van der Waals surface area (Å²) in [6.07, 6.45) is 0. The van der Waals surface area contributed by atoms with Crippen LogP contribution >= 0.6 is 0 Å². The predicted molar refractivity (Wildman–Crippen MR) is 146 cm³/mol. The molecule has 1 aromatic heterocycles. The molecule has 37 heavy (non-hydrogen) atoms. The van der Waals surface area contributed by atoms with Crippen molar-refractivity contribution in [1.82, 2.24) is 4.98 Å². The van der Waals surface area contributed by atoms with Gasteiger partial charge in [-0.1, -0.05) is 42.5 Å². The second kappa shape index (κ2) is 7.24. The van der Waals surface area contributed by atoms with Crippen LogP contribution in [-0.4, -0.2) is 19.2 Å². The molecule has 7 aromatic rings. The zero-order chi connectivity index (χ0) is 25.6. The Hall–Kier alpha value is -5.04. The Kier molecular flexibility index (Phi) is 4.16. The third-order valence-electron chi connectivity index (χ3n) is 7.30.